The van der Waals surface area contributed by atoms with Gasteiger partial charge in [0.25, 0.3) is 0 Å². The van der Waals surface area contributed by atoms with E-state index in [9.17, 15) is 5.11 Å². The van der Waals surface area contributed by atoms with Crippen LogP contribution in [0.15, 0.2) is 42.6 Å². The number of nitrogens with one attached hydrogen (secondary N) is 1. The SMILES string of the molecule is CCCCCCCCCCCCCCCCCCc1nc(C(C)O)c(C)[nH]1.c1ccc2ncccc2c1. The van der Waals surface area contributed by atoms with Crippen LogP contribution in [-0.4, -0.2) is 20.1 Å². The molecule has 1 atom stereocenters. The smallest absolute Gasteiger partial charge is 0.106 e. The first-order chi connectivity index (χ1) is 18.1. The van der Waals surface area contributed by atoms with E-state index in [-0.39, 0.29) is 0 Å². The molecule has 0 saturated heterocycles. The Morgan fingerprint density at radius 2 is 1.24 bits per heavy atom. The highest BCUT2D eigenvalue weighted by molar-refractivity contribution is 5.77. The van der Waals surface area contributed by atoms with Crippen LogP contribution in [0.3, 0.4) is 0 Å². The Morgan fingerprint density at radius 3 is 1.76 bits per heavy atom. The van der Waals surface area contributed by atoms with E-state index in [1.807, 2.05) is 37.4 Å². The van der Waals surface area contributed by atoms with E-state index < -0.39 is 6.10 Å². The van der Waals surface area contributed by atoms with Gasteiger partial charge in [-0.2, -0.15) is 0 Å². The number of hydrogen-bond donors (Lipinski definition) is 2. The number of aliphatic hydroxyl groups excluding tert-OH is 1. The zero-order chi connectivity index (χ0) is 26.6. The van der Waals surface area contributed by atoms with Gasteiger partial charge >= 0.3 is 0 Å². The molecule has 2 heterocycles. The molecule has 1 aromatic carbocycles. The number of aromatic amines is 1. The highest BCUT2D eigenvalue weighted by Gasteiger charge is 2.10. The fourth-order valence-corrected chi connectivity index (χ4v) is 4.92. The molecule has 3 aromatic rings. The summed E-state index contributed by atoms with van der Waals surface area (Å²) in [5.74, 6) is 1.04. The molecule has 0 radical (unpaired) electrons. The molecule has 37 heavy (non-hydrogen) atoms. The summed E-state index contributed by atoms with van der Waals surface area (Å²) in [4.78, 5) is 12.0. The van der Waals surface area contributed by atoms with Crippen LogP contribution in [0.25, 0.3) is 10.9 Å². The van der Waals surface area contributed by atoms with Crippen molar-refractivity contribution in [3.8, 4) is 0 Å². The van der Waals surface area contributed by atoms with Gasteiger partial charge in [-0.05, 0) is 32.4 Å². The Hall–Kier alpha value is -2.20. The highest BCUT2D eigenvalue weighted by Crippen LogP contribution is 2.17. The van der Waals surface area contributed by atoms with Crippen LogP contribution >= 0.6 is 0 Å². The molecule has 0 spiro atoms. The zero-order valence-electron chi connectivity index (χ0n) is 24.0. The molecule has 0 fully saturated rings. The lowest BCUT2D eigenvalue weighted by atomic mass is 10.0. The second kappa shape index (κ2) is 19.9. The van der Waals surface area contributed by atoms with Gasteiger partial charge in [-0.1, -0.05) is 128 Å². The first-order valence-corrected chi connectivity index (χ1v) is 15.1. The second-order valence-corrected chi connectivity index (χ2v) is 10.6. The van der Waals surface area contributed by atoms with Gasteiger partial charge in [0.15, 0.2) is 0 Å². The molecule has 0 bridgehead atoms. The number of para-hydroxylation sites is 1. The zero-order valence-corrected chi connectivity index (χ0v) is 24.0. The monoisotopic (exact) mass is 507 g/mol. The van der Waals surface area contributed by atoms with Gasteiger partial charge in [0.2, 0.25) is 0 Å². The minimum absolute atomic E-state index is 0.471. The van der Waals surface area contributed by atoms with Crippen LogP contribution in [0, 0.1) is 6.92 Å². The Kier molecular flexibility index (Phi) is 16.6. The van der Waals surface area contributed by atoms with Crippen molar-refractivity contribution in [2.24, 2.45) is 0 Å². The summed E-state index contributed by atoms with van der Waals surface area (Å²) in [5.41, 5.74) is 2.88. The lowest BCUT2D eigenvalue weighted by Gasteiger charge is -2.03. The molecule has 0 saturated carbocycles. The highest BCUT2D eigenvalue weighted by atomic mass is 16.3. The minimum Gasteiger partial charge on any atom is -0.387 e. The summed E-state index contributed by atoms with van der Waals surface area (Å²) in [7, 11) is 0. The molecular formula is C33H53N3O. The molecule has 2 N–H and O–H groups in total. The van der Waals surface area contributed by atoms with Crippen molar-refractivity contribution < 1.29 is 5.11 Å². The predicted molar refractivity (Wildman–Crippen MR) is 159 cm³/mol. The third-order valence-electron chi connectivity index (χ3n) is 7.15. The Balaban J connectivity index is 0.000000394. The summed E-state index contributed by atoms with van der Waals surface area (Å²) in [6, 6.07) is 12.1. The number of H-pyrrole nitrogens is 1. The number of unbranched alkanes of at least 4 members (excludes halogenated alkanes) is 15. The third kappa shape index (κ3) is 13.8. The summed E-state index contributed by atoms with van der Waals surface area (Å²) >= 11 is 0. The number of fused-ring (bicyclic) bond motifs is 1. The lowest BCUT2D eigenvalue weighted by Crippen LogP contribution is -1.94. The maximum Gasteiger partial charge on any atom is 0.106 e. The number of aromatic nitrogens is 3. The lowest BCUT2D eigenvalue weighted by molar-refractivity contribution is 0.194. The fraction of sp³-hybridized carbons (Fsp3) is 0.636. The van der Waals surface area contributed by atoms with Crippen molar-refractivity contribution in [2.75, 3.05) is 0 Å². The minimum atomic E-state index is -0.471. The number of aliphatic hydroxyl groups is 1. The molecule has 0 aliphatic carbocycles. The molecule has 206 valence electrons. The molecule has 0 aliphatic heterocycles. The normalized spacial score (nSPS) is 11.9. The van der Waals surface area contributed by atoms with Gasteiger partial charge in [-0.25, -0.2) is 4.98 Å². The van der Waals surface area contributed by atoms with Crippen LogP contribution in [0.5, 0.6) is 0 Å². The van der Waals surface area contributed by atoms with E-state index in [1.54, 1.807) is 6.92 Å². The fourth-order valence-electron chi connectivity index (χ4n) is 4.92. The summed E-state index contributed by atoms with van der Waals surface area (Å²) in [6.45, 7) is 6.06. The summed E-state index contributed by atoms with van der Waals surface area (Å²) in [5, 5.41) is 10.8. The first-order valence-electron chi connectivity index (χ1n) is 15.1. The van der Waals surface area contributed by atoms with Crippen molar-refractivity contribution >= 4 is 10.9 Å². The van der Waals surface area contributed by atoms with E-state index in [0.29, 0.717) is 0 Å². The average molecular weight is 508 g/mol. The van der Waals surface area contributed by atoms with Gasteiger partial charge in [0.1, 0.15) is 5.82 Å². The van der Waals surface area contributed by atoms with Gasteiger partial charge in [-0.15, -0.1) is 0 Å². The number of benzene rings is 1. The van der Waals surface area contributed by atoms with Crippen LogP contribution in [0.4, 0.5) is 0 Å². The van der Waals surface area contributed by atoms with Crippen molar-refractivity contribution in [2.45, 2.75) is 136 Å². The standard InChI is InChI=1S/C24H46N2O.C9H7N/c1-4-5-6-7-8-9-10-11-12-13-14-15-16-17-18-19-20-23-25-21(2)24(26-23)22(3)27;1-2-6-9-8(4-1)5-3-7-10-9/h22,27H,4-20H2,1-3H3,(H,25,26);1-7H. The van der Waals surface area contributed by atoms with E-state index in [1.165, 1.54) is 108 Å². The summed E-state index contributed by atoms with van der Waals surface area (Å²) in [6.07, 6.45) is 24.8. The van der Waals surface area contributed by atoms with Crippen molar-refractivity contribution in [1.82, 2.24) is 15.0 Å². The molecular weight excluding hydrogens is 454 g/mol. The molecule has 0 aliphatic rings. The number of imidazole rings is 1. The molecule has 1 unspecified atom stereocenters. The molecule has 3 rings (SSSR count). The molecule has 2 aromatic heterocycles. The number of hydrogen-bond acceptors (Lipinski definition) is 3. The van der Waals surface area contributed by atoms with Crippen molar-refractivity contribution in [3.63, 3.8) is 0 Å². The average Bonchev–Trinajstić information content (AvgIpc) is 3.29. The summed E-state index contributed by atoms with van der Waals surface area (Å²) < 4.78 is 0. The van der Waals surface area contributed by atoms with Crippen molar-refractivity contribution in [3.05, 3.63) is 59.8 Å². The van der Waals surface area contributed by atoms with Crippen LogP contribution in [0.2, 0.25) is 0 Å². The van der Waals surface area contributed by atoms with Crippen LogP contribution < -0.4 is 0 Å². The van der Waals surface area contributed by atoms with Crippen LogP contribution in [0.1, 0.15) is 140 Å². The quantitative estimate of drug-likeness (QED) is 0.168. The Morgan fingerprint density at radius 1 is 0.730 bits per heavy atom. The Labute approximate surface area is 226 Å². The number of pyridine rings is 1. The Bertz CT molecular complexity index is 884. The van der Waals surface area contributed by atoms with E-state index in [0.717, 1.165) is 29.1 Å². The number of nitrogens with zero attached hydrogens (tertiary/aromatic N) is 2. The maximum absolute atomic E-state index is 9.65. The topological polar surface area (TPSA) is 61.8 Å². The molecule has 4 heteroatoms. The predicted octanol–water partition coefficient (Wildman–Crippen LogP) is 9.81. The number of aryl methyl sites for hydroxylation is 2. The number of rotatable bonds is 18. The third-order valence-corrected chi connectivity index (χ3v) is 7.15. The van der Waals surface area contributed by atoms with Crippen molar-refractivity contribution in [1.29, 1.82) is 0 Å². The van der Waals surface area contributed by atoms with Gasteiger partial charge < -0.3 is 10.1 Å². The first kappa shape index (κ1) is 31.0. The molecule has 0 amide bonds. The van der Waals surface area contributed by atoms with Gasteiger partial charge in [0, 0.05) is 23.7 Å². The maximum atomic E-state index is 9.65. The van der Waals surface area contributed by atoms with E-state index in [2.05, 4.69) is 34.0 Å². The van der Waals surface area contributed by atoms with E-state index >= 15 is 0 Å². The van der Waals surface area contributed by atoms with Gasteiger partial charge in [-0.3, -0.25) is 4.98 Å². The van der Waals surface area contributed by atoms with Crippen LogP contribution in [-0.2, 0) is 6.42 Å². The van der Waals surface area contributed by atoms with Gasteiger partial charge in [0.05, 0.1) is 17.3 Å². The largest absolute Gasteiger partial charge is 0.387 e. The molecule has 4 nitrogen and oxygen atoms in total. The van der Waals surface area contributed by atoms with E-state index in [4.69, 9.17) is 0 Å². The second-order valence-electron chi connectivity index (χ2n) is 10.6.